The maximum absolute atomic E-state index is 12.6. The Hall–Kier alpha value is -1.59. The van der Waals surface area contributed by atoms with Gasteiger partial charge in [0.15, 0.2) is 0 Å². The minimum absolute atomic E-state index is 0.0594. The molecule has 1 heterocycles. The van der Waals surface area contributed by atoms with Crippen LogP contribution in [0.3, 0.4) is 0 Å². The van der Waals surface area contributed by atoms with Crippen LogP contribution >= 0.6 is 23.2 Å². The van der Waals surface area contributed by atoms with E-state index < -0.39 is 0 Å². The topological polar surface area (TPSA) is 47.6 Å². The van der Waals surface area contributed by atoms with E-state index in [-0.39, 0.29) is 24.2 Å². The molecule has 2 aromatic carbocycles. The van der Waals surface area contributed by atoms with Crippen LogP contribution in [0.2, 0.25) is 10.0 Å². The average molecular weight is 406 g/mol. The molecule has 4 nitrogen and oxygen atoms in total. The highest BCUT2D eigenvalue weighted by atomic mass is 35.5. The summed E-state index contributed by atoms with van der Waals surface area (Å²) >= 11 is 12.1. The zero-order chi connectivity index (χ0) is 18.8. The number of fused-ring (bicyclic) bond motifs is 1. The van der Waals surface area contributed by atoms with Crippen molar-refractivity contribution >= 4 is 29.1 Å². The molecule has 0 radical (unpaired) electrons. The number of ether oxygens (including phenoxy) is 2. The zero-order valence-corrected chi connectivity index (χ0v) is 16.3. The minimum Gasteiger partial charge on any atom is -0.373 e. The molecule has 0 unspecified atom stereocenters. The molecular weight excluding hydrogens is 385 g/mol. The third-order valence-corrected chi connectivity index (χ3v) is 5.95. The first-order valence-electron chi connectivity index (χ1n) is 9.20. The number of rotatable bonds is 3. The van der Waals surface area contributed by atoms with Gasteiger partial charge in [0, 0.05) is 11.6 Å². The predicted molar refractivity (Wildman–Crippen MR) is 106 cm³/mol. The Labute approximate surface area is 168 Å². The smallest absolute Gasteiger partial charge is 0.251 e. The van der Waals surface area contributed by atoms with Crippen molar-refractivity contribution in [2.75, 3.05) is 13.2 Å². The maximum atomic E-state index is 12.6. The van der Waals surface area contributed by atoms with Gasteiger partial charge in [0.25, 0.3) is 5.91 Å². The highest BCUT2D eigenvalue weighted by Gasteiger charge is 2.34. The number of halogens is 2. The standard InChI is InChI=1S/C21H21Cl2NO3/c22-17-7-5-15(11-18(17)23)13-1-3-14(4-2-13)21(25)24-16-6-8-19-20(12-16)27-10-9-26-19/h1-5,7,11,16,19-20H,6,8-10,12H2,(H,24,25)/t16-,19-,20-/m1/s1. The fourth-order valence-corrected chi connectivity index (χ4v) is 4.05. The number of nitrogens with one attached hydrogen (secondary N) is 1. The van der Waals surface area contributed by atoms with E-state index in [2.05, 4.69) is 5.32 Å². The van der Waals surface area contributed by atoms with E-state index in [0.717, 1.165) is 30.4 Å². The molecule has 2 aliphatic rings. The van der Waals surface area contributed by atoms with Gasteiger partial charge >= 0.3 is 0 Å². The number of carbonyl (C=O) groups is 1. The lowest BCUT2D eigenvalue weighted by atomic mass is 9.89. The lowest BCUT2D eigenvalue weighted by molar-refractivity contribution is -0.157. The average Bonchev–Trinajstić information content (AvgIpc) is 2.70. The van der Waals surface area contributed by atoms with E-state index in [9.17, 15) is 4.79 Å². The molecule has 1 aliphatic carbocycles. The summed E-state index contributed by atoms with van der Waals surface area (Å²) in [6.07, 6.45) is 2.91. The van der Waals surface area contributed by atoms with Crippen LogP contribution in [-0.4, -0.2) is 37.4 Å². The fraction of sp³-hybridized carbons (Fsp3) is 0.381. The largest absolute Gasteiger partial charge is 0.373 e. The number of benzene rings is 2. The summed E-state index contributed by atoms with van der Waals surface area (Å²) in [6, 6.07) is 13.1. The SMILES string of the molecule is O=C(N[C@@H]1CC[C@H]2OCCO[C@@H]2C1)c1ccc(-c2ccc(Cl)c(Cl)c2)cc1. The third kappa shape index (κ3) is 4.30. The summed E-state index contributed by atoms with van der Waals surface area (Å²) in [6.45, 7) is 1.31. The van der Waals surface area contributed by atoms with E-state index in [1.165, 1.54) is 0 Å². The molecular formula is C21H21Cl2NO3. The molecule has 6 heteroatoms. The van der Waals surface area contributed by atoms with Crippen molar-refractivity contribution in [3.05, 3.63) is 58.1 Å². The Morgan fingerprint density at radius 1 is 0.889 bits per heavy atom. The maximum Gasteiger partial charge on any atom is 0.251 e. The molecule has 0 aromatic heterocycles. The number of carbonyl (C=O) groups excluding carboxylic acids is 1. The second kappa shape index (κ2) is 8.19. The lowest BCUT2D eigenvalue weighted by Gasteiger charge is -2.39. The minimum atomic E-state index is -0.0594. The molecule has 1 aliphatic heterocycles. The Kier molecular flexibility index (Phi) is 5.69. The van der Waals surface area contributed by atoms with E-state index in [1.54, 1.807) is 6.07 Å². The quantitative estimate of drug-likeness (QED) is 0.802. The Balaban J connectivity index is 1.39. The van der Waals surface area contributed by atoms with Crippen molar-refractivity contribution in [2.24, 2.45) is 0 Å². The first-order valence-corrected chi connectivity index (χ1v) is 9.95. The molecule has 1 amide bonds. The Morgan fingerprint density at radius 3 is 2.33 bits per heavy atom. The van der Waals surface area contributed by atoms with Gasteiger partial charge in [0.1, 0.15) is 0 Å². The van der Waals surface area contributed by atoms with Crippen molar-refractivity contribution in [2.45, 2.75) is 37.5 Å². The van der Waals surface area contributed by atoms with Gasteiger partial charge in [-0.25, -0.2) is 0 Å². The molecule has 2 fully saturated rings. The molecule has 1 N–H and O–H groups in total. The number of hydrogen-bond acceptors (Lipinski definition) is 3. The first kappa shape index (κ1) is 18.8. The number of hydrogen-bond donors (Lipinski definition) is 1. The molecule has 2 aromatic rings. The van der Waals surface area contributed by atoms with Crippen LogP contribution in [0.15, 0.2) is 42.5 Å². The molecule has 27 heavy (non-hydrogen) atoms. The molecule has 4 rings (SSSR count). The summed E-state index contributed by atoms with van der Waals surface area (Å²) in [4.78, 5) is 12.6. The molecule has 0 bridgehead atoms. The second-order valence-electron chi connectivity index (χ2n) is 7.01. The van der Waals surface area contributed by atoms with Crippen LogP contribution in [-0.2, 0) is 9.47 Å². The van der Waals surface area contributed by atoms with Gasteiger partial charge in [-0.3, -0.25) is 4.79 Å². The molecule has 1 saturated carbocycles. The van der Waals surface area contributed by atoms with Crippen molar-refractivity contribution < 1.29 is 14.3 Å². The van der Waals surface area contributed by atoms with E-state index in [4.69, 9.17) is 32.7 Å². The van der Waals surface area contributed by atoms with Crippen LogP contribution < -0.4 is 5.32 Å². The normalized spacial score (nSPS) is 24.9. The molecule has 142 valence electrons. The lowest BCUT2D eigenvalue weighted by Crippen LogP contribution is -2.49. The van der Waals surface area contributed by atoms with Gasteiger partial charge in [-0.1, -0.05) is 41.4 Å². The second-order valence-corrected chi connectivity index (χ2v) is 7.82. The first-order chi connectivity index (χ1) is 13.1. The number of amides is 1. The van der Waals surface area contributed by atoms with Crippen LogP contribution in [0.1, 0.15) is 29.6 Å². The summed E-state index contributed by atoms with van der Waals surface area (Å²) in [5, 5.41) is 4.17. The van der Waals surface area contributed by atoms with Crippen molar-refractivity contribution in [1.29, 1.82) is 0 Å². The van der Waals surface area contributed by atoms with Crippen molar-refractivity contribution in [3.8, 4) is 11.1 Å². The van der Waals surface area contributed by atoms with Gasteiger partial charge in [0.05, 0.1) is 35.5 Å². The fourth-order valence-electron chi connectivity index (χ4n) is 3.76. The molecule has 3 atom stereocenters. The highest BCUT2D eigenvalue weighted by molar-refractivity contribution is 6.42. The van der Waals surface area contributed by atoms with Crippen LogP contribution in [0.25, 0.3) is 11.1 Å². The molecule has 0 spiro atoms. The van der Waals surface area contributed by atoms with Gasteiger partial charge < -0.3 is 14.8 Å². The van der Waals surface area contributed by atoms with Gasteiger partial charge in [0.2, 0.25) is 0 Å². The monoisotopic (exact) mass is 405 g/mol. The van der Waals surface area contributed by atoms with Crippen LogP contribution in [0.5, 0.6) is 0 Å². The van der Waals surface area contributed by atoms with E-state index >= 15 is 0 Å². The van der Waals surface area contributed by atoms with Crippen molar-refractivity contribution in [3.63, 3.8) is 0 Å². The third-order valence-electron chi connectivity index (χ3n) is 5.21. The van der Waals surface area contributed by atoms with E-state index in [0.29, 0.717) is 28.8 Å². The Morgan fingerprint density at radius 2 is 1.59 bits per heavy atom. The summed E-state index contributed by atoms with van der Waals surface area (Å²) in [5.74, 6) is -0.0594. The summed E-state index contributed by atoms with van der Waals surface area (Å²) in [5.41, 5.74) is 2.59. The van der Waals surface area contributed by atoms with Crippen molar-refractivity contribution in [1.82, 2.24) is 5.32 Å². The Bertz CT molecular complexity index is 825. The van der Waals surface area contributed by atoms with Crippen LogP contribution in [0, 0.1) is 0 Å². The van der Waals surface area contributed by atoms with Gasteiger partial charge in [-0.05, 0) is 54.7 Å². The van der Waals surface area contributed by atoms with Crippen LogP contribution in [0.4, 0.5) is 0 Å². The summed E-state index contributed by atoms with van der Waals surface area (Å²) in [7, 11) is 0. The molecule has 1 saturated heterocycles. The van der Waals surface area contributed by atoms with Gasteiger partial charge in [-0.2, -0.15) is 0 Å². The summed E-state index contributed by atoms with van der Waals surface area (Å²) < 4.78 is 11.5. The highest BCUT2D eigenvalue weighted by Crippen LogP contribution is 2.29. The van der Waals surface area contributed by atoms with Gasteiger partial charge in [-0.15, -0.1) is 0 Å². The van der Waals surface area contributed by atoms with E-state index in [1.807, 2.05) is 36.4 Å². The zero-order valence-electron chi connectivity index (χ0n) is 14.8. The predicted octanol–water partition coefficient (Wildman–Crippen LogP) is 4.73.